The lowest BCUT2D eigenvalue weighted by Crippen LogP contribution is -2.14. The van der Waals surface area contributed by atoms with Gasteiger partial charge in [0.05, 0.1) is 12.6 Å². The summed E-state index contributed by atoms with van der Waals surface area (Å²) in [5.41, 5.74) is 5.04. The van der Waals surface area contributed by atoms with Crippen LogP contribution in [-0.4, -0.2) is 15.5 Å². The summed E-state index contributed by atoms with van der Waals surface area (Å²) in [7, 11) is 0. The third-order valence-corrected chi connectivity index (χ3v) is 5.74. The number of carbonyl (C=O) groups is 1. The van der Waals surface area contributed by atoms with Crippen LogP contribution in [0.4, 0.5) is 5.69 Å². The number of nitrogens with zero attached hydrogens (tertiary/aromatic N) is 2. The summed E-state index contributed by atoms with van der Waals surface area (Å²) in [6.07, 6.45) is 5.77. The number of pyridine rings is 1. The molecule has 0 spiro atoms. The first-order valence-corrected chi connectivity index (χ1v) is 11.2. The molecule has 0 fully saturated rings. The van der Waals surface area contributed by atoms with Gasteiger partial charge < -0.3 is 14.6 Å². The van der Waals surface area contributed by atoms with Gasteiger partial charge in [-0.25, -0.2) is 0 Å². The molecule has 3 aromatic carbocycles. The van der Waals surface area contributed by atoms with Crippen molar-refractivity contribution in [1.82, 2.24) is 9.55 Å². The summed E-state index contributed by atoms with van der Waals surface area (Å²) in [5.74, 6) is 1.35. The van der Waals surface area contributed by atoms with Crippen molar-refractivity contribution < 1.29 is 9.53 Å². The van der Waals surface area contributed by atoms with Gasteiger partial charge in [0.2, 0.25) is 5.91 Å². The molecule has 5 aromatic rings. The highest BCUT2D eigenvalue weighted by molar-refractivity contribution is 5.96. The van der Waals surface area contributed by atoms with E-state index in [2.05, 4.69) is 45.3 Å². The van der Waals surface area contributed by atoms with Crippen LogP contribution in [0.2, 0.25) is 0 Å². The number of benzene rings is 3. The Morgan fingerprint density at radius 1 is 0.971 bits per heavy atom. The van der Waals surface area contributed by atoms with Crippen molar-refractivity contribution in [2.45, 2.75) is 19.9 Å². The Labute approximate surface area is 198 Å². The van der Waals surface area contributed by atoms with Crippen molar-refractivity contribution in [3.05, 3.63) is 120 Å². The molecule has 0 aliphatic rings. The van der Waals surface area contributed by atoms with Crippen LogP contribution < -0.4 is 10.1 Å². The number of para-hydroxylation sites is 1. The summed E-state index contributed by atoms with van der Waals surface area (Å²) >= 11 is 0. The Morgan fingerprint density at radius 3 is 2.59 bits per heavy atom. The van der Waals surface area contributed by atoms with E-state index in [1.807, 2.05) is 67.6 Å². The Bertz CT molecular complexity index is 1430. The fourth-order valence-corrected chi connectivity index (χ4v) is 4.13. The fourth-order valence-electron chi connectivity index (χ4n) is 4.13. The molecular weight excluding hydrogens is 422 g/mol. The second-order valence-electron chi connectivity index (χ2n) is 8.28. The highest BCUT2D eigenvalue weighted by Gasteiger charge is 2.13. The molecule has 5 nitrogen and oxygen atoms in total. The fraction of sp³-hybridized carbons (Fsp3) is 0.103. The number of carbonyl (C=O) groups excluding carboxylic acids is 1. The average Bonchev–Trinajstić information content (AvgIpc) is 3.19. The highest BCUT2D eigenvalue weighted by Crippen LogP contribution is 2.27. The van der Waals surface area contributed by atoms with Crippen LogP contribution in [0.3, 0.4) is 0 Å². The Kier molecular flexibility index (Phi) is 6.08. The third kappa shape index (κ3) is 4.84. The molecule has 0 radical (unpaired) electrons. The summed E-state index contributed by atoms with van der Waals surface area (Å²) in [4.78, 5) is 17.0. The molecule has 5 heteroatoms. The first-order chi connectivity index (χ1) is 16.7. The van der Waals surface area contributed by atoms with Gasteiger partial charge >= 0.3 is 0 Å². The van der Waals surface area contributed by atoms with Crippen LogP contribution in [0.5, 0.6) is 11.5 Å². The average molecular weight is 448 g/mol. The van der Waals surface area contributed by atoms with E-state index in [4.69, 9.17) is 4.74 Å². The quantitative estimate of drug-likeness (QED) is 0.316. The van der Waals surface area contributed by atoms with Gasteiger partial charge in [-0.15, -0.1) is 0 Å². The van der Waals surface area contributed by atoms with Gasteiger partial charge in [0.25, 0.3) is 0 Å². The molecule has 1 amide bonds. The van der Waals surface area contributed by atoms with Crippen molar-refractivity contribution in [3.8, 4) is 11.5 Å². The van der Waals surface area contributed by atoms with Gasteiger partial charge in [0.1, 0.15) is 11.5 Å². The van der Waals surface area contributed by atoms with Crippen molar-refractivity contribution in [3.63, 3.8) is 0 Å². The molecule has 168 valence electrons. The van der Waals surface area contributed by atoms with Crippen molar-refractivity contribution >= 4 is 22.5 Å². The third-order valence-electron chi connectivity index (χ3n) is 5.74. The number of amides is 1. The zero-order chi connectivity index (χ0) is 23.3. The van der Waals surface area contributed by atoms with E-state index in [-0.39, 0.29) is 5.91 Å². The van der Waals surface area contributed by atoms with E-state index in [0.717, 1.165) is 40.0 Å². The first-order valence-electron chi connectivity index (χ1n) is 11.2. The van der Waals surface area contributed by atoms with Crippen molar-refractivity contribution in [2.24, 2.45) is 0 Å². The van der Waals surface area contributed by atoms with Gasteiger partial charge in [0, 0.05) is 35.5 Å². The maximum absolute atomic E-state index is 12.9. The number of fused-ring (bicyclic) bond motifs is 1. The maximum Gasteiger partial charge on any atom is 0.228 e. The molecule has 0 saturated heterocycles. The van der Waals surface area contributed by atoms with E-state index < -0.39 is 0 Å². The minimum atomic E-state index is -0.0528. The second-order valence-corrected chi connectivity index (χ2v) is 8.28. The number of aromatic nitrogens is 2. The van der Waals surface area contributed by atoms with E-state index in [0.29, 0.717) is 12.2 Å². The summed E-state index contributed by atoms with van der Waals surface area (Å²) in [5, 5.41) is 4.13. The highest BCUT2D eigenvalue weighted by atomic mass is 16.5. The zero-order valence-electron chi connectivity index (χ0n) is 18.9. The molecule has 0 bridgehead atoms. The number of ether oxygens (including phenoxy) is 1. The van der Waals surface area contributed by atoms with Crippen LogP contribution in [0.25, 0.3) is 10.9 Å². The zero-order valence-corrected chi connectivity index (χ0v) is 18.9. The van der Waals surface area contributed by atoms with Gasteiger partial charge in [-0.3, -0.25) is 9.78 Å². The Morgan fingerprint density at radius 2 is 1.79 bits per heavy atom. The van der Waals surface area contributed by atoms with Crippen LogP contribution >= 0.6 is 0 Å². The molecule has 0 atom stereocenters. The molecule has 34 heavy (non-hydrogen) atoms. The molecule has 0 aliphatic carbocycles. The Hall–Kier alpha value is -4.38. The minimum Gasteiger partial charge on any atom is -0.455 e. The molecule has 5 rings (SSSR count). The number of anilines is 1. The van der Waals surface area contributed by atoms with E-state index in [1.165, 1.54) is 5.56 Å². The predicted molar refractivity (Wildman–Crippen MR) is 135 cm³/mol. The standard InChI is InChI=1S/C29H25N3O2/c1-21-16-24(13-14-28(21)34-25-10-7-15-30-18-25)31-29(33)17-23-20-32(19-22-8-3-2-4-9-22)27-12-6-5-11-26(23)27/h2-16,18,20H,17,19H2,1H3,(H,31,33). The minimum absolute atomic E-state index is 0.0528. The van der Waals surface area contributed by atoms with Gasteiger partial charge in [-0.2, -0.15) is 0 Å². The van der Waals surface area contributed by atoms with Gasteiger partial charge in [0.15, 0.2) is 0 Å². The van der Waals surface area contributed by atoms with Crippen LogP contribution in [-0.2, 0) is 17.8 Å². The smallest absolute Gasteiger partial charge is 0.228 e. The van der Waals surface area contributed by atoms with Crippen LogP contribution in [0.15, 0.2) is 104 Å². The monoisotopic (exact) mass is 447 g/mol. The number of hydrogen-bond donors (Lipinski definition) is 1. The SMILES string of the molecule is Cc1cc(NC(=O)Cc2cn(Cc3ccccc3)c3ccccc23)ccc1Oc1cccnc1. The number of nitrogens with one attached hydrogen (secondary N) is 1. The van der Waals surface area contributed by atoms with Crippen molar-refractivity contribution in [2.75, 3.05) is 5.32 Å². The molecule has 0 saturated carbocycles. The Balaban J connectivity index is 1.31. The summed E-state index contributed by atoms with van der Waals surface area (Å²) < 4.78 is 8.10. The van der Waals surface area contributed by atoms with E-state index in [9.17, 15) is 4.79 Å². The molecular formula is C29H25N3O2. The molecule has 2 heterocycles. The lowest BCUT2D eigenvalue weighted by atomic mass is 10.1. The van der Waals surface area contributed by atoms with Crippen LogP contribution in [0.1, 0.15) is 16.7 Å². The first kappa shape index (κ1) is 21.5. The van der Waals surface area contributed by atoms with Gasteiger partial charge in [-0.05, 0) is 60.0 Å². The van der Waals surface area contributed by atoms with Crippen LogP contribution in [0, 0.1) is 6.92 Å². The van der Waals surface area contributed by atoms with E-state index >= 15 is 0 Å². The van der Waals surface area contributed by atoms with Gasteiger partial charge in [-0.1, -0.05) is 48.5 Å². The molecule has 1 N–H and O–H groups in total. The largest absolute Gasteiger partial charge is 0.455 e. The number of rotatable bonds is 7. The summed E-state index contributed by atoms with van der Waals surface area (Å²) in [6, 6.07) is 27.9. The molecule has 0 aliphatic heterocycles. The molecule has 0 unspecified atom stereocenters. The molecule has 2 aromatic heterocycles. The normalized spacial score (nSPS) is 10.9. The lowest BCUT2D eigenvalue weighted by Gasteiger charge is -2.11. The maximum atomic E-state index is 12.9. The van der Waals surface area contributed by atoms with E-state index in [1.54, 1.807) is 12.4 Å². The predicted octanol–water partition coefficient (Wildman–Crippen LogP) is 6.37. The van der Waals surface area contributed by atoms with Crippen molar-refractivity contribution in [1.29, 1.82) is 0 Å². The number of aryl methyl sites for hydroxylation is 1. The summed E-state index contributed by atoms with van der Waals surface area (Å²) in [6.45, 7) is 2.72. The second kappa shape index (κ2) is 9.63. The lowest BCUT2D eigenvalue weighted by molar-refractivity contribution is -0.115. The topological polar surface area (TPSA) is 56.2 Å². The number of hydrogen-bond acceptors (Lipinski definition) is 3.